The third-order valence-corrected chi connectivity index (χ3v) is 4.68. The highest BCUT2D eigenvalue weighted by Crippen LogP contribution is 2.23. The van der Waals surface area contributed by atoms with Crippen molar-refractivity contribution in [3.8, 4) is 11.4 Å². The molecule has 2 amide bonds. The van der Waals surface area contributed by atoms with Crippen LogP contribution in [0.4, 0.5) is 9.93 Å². The third-order valence-electron chi connectivity index (χ3n) is 3.28. The summed E-state index contributed by atoms with van der Waals surface area (Å²) in [5.41, 5.74) is 0.800. The van der Waals surface area contributed by atoms with E-state index in [1.807, 2.05) is 29.8 Å². The first kappa shape index (κ1) is 21.2. The van der Waals surface area contributed by atoms with Crippen LogP contribution in [-0.4, -0.2) is 45.6 Å². The van der Waals surface area contributed by atoms with Gasteiger partial charge in [0.1, 0.15) is 17.3 Å². The second kappa shape index (κ2) is 9.70. The number of amides is 2. The second-order valence-electron chi connectivity index (χ2n) is 6.72. The average molecular weight is 409 g/mol. The highest BCUT2D eigenvalue weighted by atomic mass is 32.2. The molecule has 2 rings (SSSR count). The number of hydrogen-bond donors (Lipinski definition) is 2. The van der Waals surface area contributed by atoms with Gasteiger partial charge in [0.05, 0.1) is 5.69 Å². The number of alkyl carbamates (subject to hydrolysis) is 1. The normalized spacial score (nSPS) is 12.3. The number of ether oxygens (including phenoxy) is 1. The molecule has 9 heteroatoms. The van der Waals surface area contributed by atoms with Crippen LogP contribution in [0.15, 0.2) is 29.8 Å². The summed E-state index contributed by atoms with van der Waals surface area (Å²) in [7, 11) is 0. The van der Waals surface area contributed by atoms with Crippen molar-refractivity contribution in [2.75, 3.05) is 17.3 Å². The van der Waals surface area contributed by atoms with E-state index in [1.54, 1.807) is 38.7 Å². The Hall–Kier alpha value is -2.13. The lowest BCUT2D eigenvalue weighted by Gasteiger charge is -2.23. The number of anilines is 1. The van der Waals surface area contributed by atoms with Crippen LogP contribution in [0.3, 0.4) is 0 Å². The summed E-state index contributed by atoms with van der Waals surface area (Å²) in [5, 5.41) is 7.70. The van der Waals surface area contributed by atoms with Crippen molar-refractivity contribution in [3.05, 3.63) is 29.8 Å². The van der Waals surface area contributed by atoms with Crippen molar-refractivity contribution in [1.29, 1.82) is 0 Å². The van der Waals surface area contributed by atoms with Crippen molar-refractivity contribution in [2.45, 2.75) is 38.8 Å². The molecule has 1 atom stereocenters. The smallest absolute Gasteiger partial charge is 0.408 e. The number of thiazole rings is 1. The van der Waals surface area contributed by atoms with E-state index in [0.717, 1.165) is 11.4 Å². The molecule has 7 nitrogen and oxygen atoms in total. The van der Waals surface area contributed by atoms with Gasteiger partial charge in [-0.05, 0) is 51.3 Å². The Bertz CT molecular complexity index is 759. The van der Waals surface area contributed by atoms with Gasteiger partial charge in [-0.3, -0.25) is 9.78 Å². The van der Waals surface area contributed by atoms with Crippen molar-refractivity contribution in [3.63, 3.8) is 0 Å². The lowest BCUT2D eigenvalue weighted by Crippen LogP contribution is -2.46. The maximum atomic E-state index is 12.6. The van der Waals surface area contributed by atoms with Crippen LogP contribution in [0.25, 0.3) is 11.4 Å². The molecule has 0 saturated carbocycles. The van der Waals surface area contributed by atoms with Crippen LogP contribution in [0.5, 0.6) is 0 Å². The third kappa shape index (κ3) is 7.18. The van der Waals surface area contributed by atoms with Crippen molar-refractivity contribution in [2.24, 2.45) is 0 Å². The second-order valence-corrected chi connectivity index (χ2v) is 8.57. The molecule has 0 aliphatic heterocycles. The molecule has 0 spiro atoms. The molecule has 0 radical (unpaired) electrons. The number of rotatable bonds is 7. The Morgan fingerprint density at radius 3 is 2.70 bits per heavy atom. The summed E-state index contributed by atoms with van der Waals surface area (Å²) in [6.07, 6.45) is 3.51. The molecule has 0 aromatic carbocycles. The van der Waals surface area contributed by atoms with Crippen LogP contribution in [-0.2, 0) is 9.53 Å². The number of carbonyl (C=O) groups excluding carboxylic acids is 2. The molecular formula is C18H24N4O3S2. The number of aromatic nitrogens is 2. The lowest BCUT2D eigenvalue weighted by molar-refractivity contribution is -0.118. The molecule has 2 aromatic heterocycles. The zero-order valence-electron chi connectivity index (χ0n) is 15.8. The highest BCUT2D eigenvalue weighted by molar-refractivity contribution is 7.98. The average Bonchev–Trinajstić information content (AvgIpc) is 3.06. The van der Waals surface area contributed by atoms with E-state index in [0.29, 0.717) is 17.2 Å². The number of nitrogens with one attached hydrogen (secondary N) is 2. The number of carbonyl (C=O) groups is 2. The lowest BCUT2D eigenvalue weighted by atomic mass is 10.2. The van der Waals surface area contributed by atoms with E-state index < -0.39 is 17.7 Å². The highest BCUT2D eigenvalue weighted by Gasteiger charge is 2.24. The van der Waals surface area contributed by atoms with Crippen LogP contribution in [0, 0.1) is 0 Å². The summed E-state index contributed by atoms with van der Waals surface area (Å²) < 4.78 is 5.25. The SMILES string of the molecule is CSCCC(NC(=O)OC(C)(C)C)C(=O)Nc1nc(-c2ccccn2)cs1. The van der Waals surface area contributed by atoms with E-state index in [-0.39, 0.29) is 5.91 Å². The van der Waals surface area contributed by atoms with Gasteiger partial charge in [-0.15, -0.1) is 11.3 Å². The first-order valence-corrected chi connectivity index (χ1v) is 10.7. The molecule has 2 aromatic rings. The van der Waals surface area contributed by atoms with E-state index in [2.05, 4.69) is 20.6 Å². The van der Waals surface area contributed by atoms with Crippen molar-refractivity contribution < 1.29 is 14.3 Å². The number of hydrogen-bond acceptors (Lipinski definition) is 7. The Morgan fingerprint density at radius 2 is 2.07 bits per heavy atom. The first-order chi connectivity index (χ1) is 12.8. The van der Waals surface area contributed by atoms with Gasteiger partial charge in [-0.25, -0.2) is 9.78 Å². The zero-order valence-corrected chi connectivity index (χ0v) is 17.4. The van der Waals surface area contributed by atoms with Crippen molar-refractivity contribution in [1.82, 2.24) is 15.3 Å². The topological polar surface area (TPSA) is 93.2 Å². The van der Waals surface area contributed by atoms with Crippen LogP contribution >= 0.6 is 23.1 Å². The summed E-state index contributed by atoms with van der Waals surface area (Å²) >= 11 is 2.91. The van der Waals surface area contributed by atoms with E-state index in [4.69, 9.17) is 4.74 Å². The van der Waals surface area contributed by atoms with Crippen LogP contribution in [0.1, 0.15) is 27.2 Å². The van der Waals surface area contributed by atoms with E-state index in [9.17, 15) is 9.59 Å². The van der Waals surface area contributed by atoms with E-state index >= 15 is 0 Å². The van der Waals surface area contributed by atoms with Crippen LogP contribution in [0.2, 0.25) is 0 Å². The van der Waals surface area contributed by atoms with Gasteiger partial charge in [0, 0.05) is 11.6 Å². The predicted molar refractivity (Wildman–Crippen MR) is 110 cm³/mol. The molecular weight excluding hydrogens is 384 g/mol. The molecule has 0 aliphatic rings. The molecule has 0 aliphatic carbocycles. The molecule has 27 heavy (non-hydrogen) atoms. The molecule has 2 N–H and O–H groups in total. The largest absolute Gasteiger partial charge is 0.444 e. The zero-order chi connectivity index (χ0) is 19.9. The van der Waals surface area contributed by atoms with Gasteiger partial charge in [0.2, 0.25) is 5.91 Å². The van der Waals surface area contributed by atoms with Gasteiger partial charge in [-0.2, -0.15) is 11.8 Å². The fourth-order valence-corrected chi connectivity index (χ4v) is 3.29. The van der Waals surface area contributed by atoms with Crippen molar-refractivity contribution >= 4 is 40.2 Å². The monoisotopic (exact) mass is 408 g/mol. The molecule has 146 valence electrons. The Balaban J connectivity index is 2.02. The fraction of sp³-hybridized carbons (Fsp3) is 0.444. The van der Waals surface area contributed by atoms with Gasteiger partial charge >= 0.3 is 6.09 Å². The number of thioether (sulfide) groups is 1. The number of pyridine rings is 1. The summed E-state index contributed by atoms with van der Waals surface area (Å²) in [5.74, 6) is 0.405. The summed E-state index contributed by atoms with van der Waals surface area (Å²) in [4.78, 5) is 33.3. The summed E-state index contributed by atoms with van der Waals surface area (Å²) in [6, 6.07) is 4.86. The van der Waals surface area contributed by atoms with E-state index in [1.165, 1.54) is 11.3 Å². The maximum absolute atomic E-state index is 12.6. The minimum absolute atomic E-state index is 0.322. The Kier molecular flexibility index (Phi) is 7.61. The standard InChI is InChI=1S/C18H24N4O3S2/c1-18(2,3)25-17(24)21-13(8-10-26-4)15(23)22-16-20-14(11-27-16)12-7-5-6-9-19-12/h5-7,9,11,13H,8,10H2,1-4H3,(H,21,24)(H,20,22,23). The van der Waals surface area contributed by atoms with Gasteiger partial charge in [-0.1, -0.05) is 6.07 Å². The van der Waals surface area contributed by atoms with Crippen LogP contribution < -0.4 is 10.6 Å². The Morgan fingerprint density at radius 1 is 1.30 bits per heavy atom. The quantitative estimate of drug-likeness (QED) is 0.724. The molecule has 0 saturated heterocycles. The maximum Gasteiger partial charge on any atom is 0.408 e. The minimum atomic E-state index is -0.700. The molecule has 0 bridgehead atoms. The number of nitrogens with zero attached hydrogens (tertiary/aromatic N) is 2. The predicted octanol–water partition coefficient (Wildman–Crippen LogP) is 3.79. The molecule has 0 fully saturated rings. The molecule has 2 heterocycles. The van der Waals surface area contributed by atoms with Gasteiger partial charge < -0.3 is 15.4 Å². The molecule has 1 unspecified atom stereocenters. The minimum Gasteiger partial charge on any atom is -0.444 e. The van der Waals surface area contributed by atoms with Gasteiger partial charge in [0.25, 0.3) is 0 Å². The summed E-state index contributed by atoms with van der Waals surface area (Å²) in [6.45, 7) is 5.33. The Labute approximate surface area is 167 Å². The van der Waals surface area contributed by atoms with Gasteiger partial charge in [0.15, 0.2) is 5.13 Å². The fourth-order valence-electron chi connectivity index (χ4n) is 2.11. The first-order valence-electron chi connectivity index (χ1n) is 8.45.